The number of hydrogen-bond donors (Lipinski definition) is 2. The fourth-order valence-corrected chi connectivity index (χ4v) is 3.62. The van der Waals surface area contributed by atoms with E-state index in [4.69, 9.17) is 32.7 Å². The average molecular weight is 500 g/mol. The van der Waals surface area contributed by atoms with Crippen molar-refractivity contribution in [2.45, 2.75) is 13.3 Å². The van der Waals surface area contributed by atoms with Crippen LogP contribution in [0.3, 0.4) is 0 Å². The lowest BCUT2D eigenvalue weighted by atomic mass is 10.1. The van der Waals surface area contributed by atoms with E-state index in [1.54, 1.807) is 67.6 Å². The largest absolute Gasteiger partial charge is 0.493 e. The Morgan fingerprint density at radius 1 is 0.882 bits per heavy atom. The Morgan fingerprint density at radius 2 is 1.50 bits per heavy atom. The molecule has 3 rings (SSSR count). The summed E-state index contributed by atoms with van der Waals surface area (Å²) in [5, 5.41) is 7.82. The van der Waals surface area contributed by atoms with Crippen molar-refractivity contribution in [2.75, 3.05) is 19.5 Å². The van der Waals surface area contributed by atoms with E-state index in [0.717, 1.165) is 5.56 Å². The molecule has 0 aromatic heterocycles. The highest BCUT2D eigenvalue weighted by Crippen LogP contribution is 2.28. The molecule has 176 valence electrons. The van der Waals surface area contributed by atoms with E-state index in [1.165, 1.54) is 14.2 Å². The maximum absolute atomic E-state index is 12.6. The van der Waals surface area contributed by atoms with Crippen molar-refractivity contribution in [1.82, 2.24) is 5.43 Å². The van der Waals surface area contributed by atoms with E-state index in [-0.39, 0.29) is 18.2 Å². The summed E-state index contributed by atoms with van der Waals surface area (Å²) in [5.74, 6) is 0.383. The van der Waals surface area contributed by atoms with Crippen molar-refractivity contribution in [1.29, 1.82) is 0 Å². The van der Waals surface area contributed by atoms with E-state index in [9.17, 15) is 9.59 Å². The Morgan fingerprint density at radius 3 is 2.12 bits per heavy atom. The second kappa shape index (κ2) is 11.5. The van der Waals surface area contributed by atoms with E-state index >= 15 is 0 Å². The smallest absolute Gasteiger partial charge is 0.255 e. The molecule has 7 nitrogen and oxygen atoms in total. The topological polar surface area (TPSA) is 89.0 Å². The molecule has 0 spiro atoms. The molecule has 9 heteroatoms. The minimum atomic E-state index is -0.340. The van der Waals surface area contributed by atoms with E-state index < -0.39 is 0 Å². The number of hydrogen-bond acceptors (Lipinski definition) is 5. The number of hydrazone groups is 1. The fraction of sp³-hybridized carbons (Fsp3) is 0.160. The maximum atomic E-state index is 12.6. The molecular formula is C25H23Cl2N3O4. The molecule has 0 radical (unpaired) electrons. The molecular weight excluding hydrogens is 477 g/mol. The Bertz CT molecular complexity index is 1210. The molecule has 0 saturated heterocycles. The number of methoxy groups -OCH3 is 2. The quantitative estimate of drug-likeness (QED) is 0.323. The summed E-state index contributed by atoms with van der Waals surface area (Å²) >= 11 is 12.2. The van der Waals surface area contributed by atoms with E-state index in [1.807, 2.05) is 0 Å². The summed E-state index contributed by atoms with van der Waals surface area (Å²) in [7, 11) is 3.04. The van der Waals surface area contributed by atoms with Crippen LogP contribution in [-0.2, 0) is 11.2 Å². The van der Waals surface area contributed by atoms with Crippen LogP contribution in [0.15, 0.2) is 65.8 Å². The lowest BCUT2D eigenvalue weighted by Crippen LogP contribution is -2.21. The normalized spacial score (nSPS) is 11.0. The molecule has 0 heterocycles. The van der Waals surface area contributed by atoms with Gasteiger partial charge in [0, 0.05) is 21.3 Å². The number of nitrogens with zero attached hydrogens (tertiary/aromatic N) is 1. The van der Waals surface area contributed by atoms with Crippen molar-refractivity contribution in [3.63, 3.8) is 0 Å². The summed E-state index contributed by atoms with van der Waals surface area (Å²) < 4.78 is 10.4. The summed E-state index contributed by atoms with van der Waals surface area (Å²) in [5.41, 5.74) is 5.47. The number of nitrogens with one attached hydrogen (secondary N) is 2. The van der Waals surface area contributed by atoms with Crippen LogP contribution in [0.5, 0.6) is 11.5 Å². The Labute approximate surface area is 207 Å². The number of rotatable bonds is 8. The first-order valence-electron chi connectivity index (χ1n) is 10.2. The maximum Gasteiger partial charge on any atom is 0.255 e. The summed E-state index contributed by atoms with van der Waals surface area (Å²) in [6.07, 6.45) is 0.0103. The first-order chi connectivity index (χ1) is 16.3. The highest BCUT2D eigenvalue weighted by molar-refractivity contribution is 6.36. The first kappa shape index (κ1) is 25.1. The van der Waals surface area contributed by atoms with Crippen molar-refractivity contribution >= 4 is 46.4 Å². The molecule has 0 atom stereocenters. The zero-order valence-corrected chi connectivity index (χ0v) is 20.3. The summed E-state index contributed by atoms with van der Waals surface area (Å²) in [4.78, 5) is 24.8. The molecule has 3 aromatic rings. The van der Waals surface area contributed by atoms with E-state index in [0.29, 0.717) is 44.1 Å². The summed E-state index contributed by atoms with van der Waals surface area (Å²) in [6.45, 7) is 1.76. The van der Waals surface area contributed by atoms with Crippen LogP contribution in [0.25, 0.3) is 0 Å². The fourth-order valence-electron chi connectivity index (χ4n) is 3.09. The number of anilines is 1. The van der Waals surface area contributed by atoms with Gasteiger partial charge in [0.1, 0.15) is 0 Å². The zero-order valence-electron chi connectivity index (χ0n) is 18.8. The molecule has 34 heavy (non-hydrogen) atoms. The highest BCUT2D eigenvalue weighted by atomic mass is 35.5. The van der Waals surface area contributed by atoms with Gasteiger partial charge in [0.15, 0.2) is 11.5 Å². The standard InChI is InChI=1S/C25H23Cl2N3O4/c1-15(29-30-24(31)14-19-20(26)5-4-6-21(19)27)16-7-10-18(11-8-16)28-25(32)17-9-12-22(33-2)23(13-17)34-3/h4-13H,14H2,1-3H3,(H,28,32)(H,30,31). The van der Waals surface area contributed by atoms with Gasteiger partial charge < -0.3 is 14.8 Å². The SMILES string of the molecule is COc1ccc(C(=O)Nc2ccc(C(C)=NNC(=O)Cc3c(Cl)cccc3Cl)cc2)cc1OC. The van der Waals surface area contributed by atoms with Gasteiger partial charge in [-0.1, -0.05) is 41.4 Å². The lowest BCUT2D eigenvalue weighted by molar-refractivity contribution is -0.120. The predicted octanol–water partition coefficient (Wildman–Crippen LogP) is 5.35. The van der Waals surface area contributed by atoms with Gasteiger partial charge in [0.05, 0.1) is 26.4 Å². The molecule has 2 N–H and O–H groups in total. The lowest BCUT2D eigenvalue weighted by Gasteiger charge is -2.10. The number of ether oxygens (including phenoxy) is 2. The second-order valence-electron chi connectivity index (χ2n) is 7.21. The number of benzene rings is 3. The highest BCUT2D eigenvalue weighted by Gasteiger charge is 2.12. The molecule has 0 bridgehead atoms. The number of carbonyl (C=O) groups is 2. The summed E-state index contributed by atoms with van der Waals surface area (Å²) in [6, 6.07) is 17.1. The predicted molar refractivity (Wildman–Crippen MR) is 134 cm³/mol. The second-order valence-corrected chi connectivity index (χ2v) is 8.02. The van der Waals surface area contributed by atoms with Gasteiger partial charge in [-0.25, -0.2) is 5.43 Å². The molecule has 0 aliphatic carbocycles. The molecule has 3 aromatic carbocycles. The van der Waals surface area contributed by atoms with Crippen molar-refractivity contribution in [3.05, 3.63) is 87.4 Å². The van der Waals surface area contributed by atoms with Crippen LogP contribution >= 0.6 is 23.2 Å². The zero-order chi connectivity index (χ0) is 24.7. The minimum absolute atomic E-state index is 0.0103. The molecule has 0 fully saturated rings. The minimum Gasteiger partial charge on any atom is -0.493 e. The number of carbonyl (C=O) groups excluding carboxylic acids is 2. The van der Waals surface area contributed by atoms with Crippen LogP contribution in [0.2, 0.25) is 10.0 Å². The van der Waals surface area contributed by atoms with Crippen LogP contribution in [0.1, 0.15) is 28.4 Å². The molecule has 0 saturated carbocycles. The Balaban J connectivity index is 1.61. The number of halogens is 2. The Hall–Kier alpha value is -3.55. The molecule has 2 amide bonds. The monoisotopic (exact) mass is 499 g/mol. The van der Waals surface area contributed by atoms with Crippen LogP contribution < -0.4 is 20.2 Å². The van der Waals surface area contributed by atoms with Gasteiger partial charge in [0.25, 0.3) is 5.91 Å². The molecule has 0 unspecified atom stereocenters. The average Bonchev–Trinajstić information content (AvgIpc) is 2.84. The Kier molecular flexibility index (Phi) is 8.51. The third kappa shape index (κ3) is 6.27. The van der Waals surface area contributed by atoms with Gasteiger partial charge >= 0.3 is 0 Å². The first-order valence-corrected chi connectivity index (χ1v) is 11.0. The van der Waals surface area contributed by atoms with Gasteiger partial charge in [-0.2, -0.15) is 5.10 Å². The van der Waals surface area contributed by atoms with Gasteiger partial charge in [-0.15, -0.1) is 0 Å². The number of amides is 2. The third-order valence-electron chi connectivity index (χ3n) is 4.95. The van der Waals surface area contributed by atoms with Crippen molar-refractivity contribution in [3.8, 4) is 11.5 Å². The van der Waals surface area contributed by atoms with Crippen LogP contribution in [0, 0.1) is 0 Å². The van der Waals surface area contributed by atoms with Crippen molar-refractivity contribution in [2.24, 2.45) is 5.10 Å². The van der Waals surface area contributed by atoms with Crippen LogP contribution in [0.4, 0.5) is 5.69 Å². The van der Waals surface area contributed by atoms with Gasteiger partial charge in [-0.3, -0.25) is 9.59 Å². The molecule has 0 aliphatic rings. The van der Waals surface area contributed by atoms with Gasteiger partial charge in [0.2, 0.25) is 5.91 Å². The molecule has 0 aliphatic heterocycles. The van der Waals surface area contributed by atoms with Crippen LogP contribution in [-0.4, -0.2) is 31.7 Å². The van der Waals surface area contributed by atoms with Gasteiger partial charge in [-0.05, 0) is 60.5 Å². The van der Waals surface area contributed by atoms with E-state index in [2.05, 4.69) is 15.8 Å². The van der Waals surface area contributed by atoms with Crippen molar-refractivity contribution < 1.29 is 19.1 Å². The third-order valence-corrected chi connectivity index (χ3v) is 5.66.